The van der Waals surface area contributed by atoms with E-state index in [0.29, 0.717) is 12.8 Å². The Balaban J connectivity index is 1.12. The van der Waals surface area contributed by atoms with Crippen molar-refractivity contribution in [1.82, 2.24) is 9.80 Å². The zero-order chi connectivity index (χ0) is 27.3. The van der Waals surface area contributed by atoms with Gasteiger partial charge in [0.05, 0.1) is 0 Å². The smallest absolute Gasteiger partial charge is 0.163 e. The molecule has 3 aromatic carbocycles. The van der Waals surface area contributed by atoms with E-state index < -0.39 is 0 Å². The van der Waals surface area contributed by atoms with Crippen LogP contribution in [0.4, 0.5) is 0 Å². The summed E-state index contributed by atoms with van der Waals surface area (Å²) in [7, 11) is 0. The van der Waals surface area contributed by atoms with Gasteiger partial charge in [-0.15, -0.1) is 0 Å². The zero-order valence-corrected chi connectivity index (χ0v) is 23.5. The summed E-state index contributed by atoms with van der Waals surface area (Å²) in [5.41, 5.74) is 6.22. The van der Waals surface area contributed by atoms with Crippen LogP contribution in [0.1, 0.15) is 72.1 Å². The number of carbonyl (C=O) groups is 2. The van der Waals surface area contributed by atoms with Gasteiger partial charge in [0.1, 0.15) is 0 Å². The van der Waals surface area contributed by atoms with Gasteiger partial charge in [-0.3, -0.25) is 19.4 Å². The maximum Gasteiger partial charge on any atom is 0.163 e. The minimum absolute atomic E-state index is 0.223. The summed E-state index contributed by atoms with van der Waals surface area (Å²) >= 11 is 0. The van der Waals surface area contributed by atoms with Crippen LogP contribution in [0.3, 0.4) is 0 Å². The van der Waals surface area contributed by atoms with Gasteiger partial charge in [-0.05, 0) is 90.7 Å². The van der Waals surface area contributed by atoms with Crippen LogP contribution in [-0.4, -0.2) is 60.6 Å². The lowest BCUT2D eigenvalue weighted by atomic mass is 9.94. The van der Waals surface area contributed by atoms with Crippen LogP contribution in [0.5, 0.6) is 0 Å². The molecule has 0 N–H and O–H groups in total. The maximum absolute atomic E-state index is 13.3. The Labute approximate surface area is 238 Å². The first-order valence-corrected chi connectivity index (χ1v) is 15.2. The van der Waals surface area contributed by atoms with Crippen LogP contribution in [0.15, 0.2) is 72.8 Å². The van der Waals surface area contributed by atoms with Gasteiger partial charge in [0.15, 0.2) is 11.6 Å². The molecular weight excluding hydrogens is 492 g/mol. The highest BCUT2D eigenvalue weighted by molar-refractivity contribution is 6.21. The Morgan fingerprint density at radius 2 is 1.27 bits per heavy atom. The molecule has 2 heterocycles. The van der Waals surface area contributed by atoms with E-state index in [-0.39, 0.29) is 11.6 Å². The molecule has 0 unspecified atom stereocenters. The number of hydrogen-bond acceptors (Lipinski definition) is 4. The van der Waals surface area contributed by atoms with Crippen molar-refractivity contribution in [3.8, 4) is 22.3 Å². The number of fused-ring (bicyclic) bond motifs is 3. The van der Waals surface area contributed by atoms with Crippen LogP contribution < -0.4 is 0 Å². The van der Waals surface area contributed by atoms with Crippen LogP contribution >= 0.6 is 0 Å². The van der Waals surface area contributed by atoms with Gasteiger partial charge >= 0.3 is 0 Å². The van der Waals surface area contributed by atoms with Crippen LogP contribution in [0.2, 0.25) is 0 Å². The summed E-state index contributed by atoms with van der Waals surface area (Å²) in [6, 6.07) is 16.6. The minimum atomic E-state index is 0.223. The third-order valence-corrected chi connectivity index (χ3v) is 8.80. The molecule has 0 saturated carbocycles. The third-order valence-electron chi connectivity index (χ3n) is 8.80. The van der Waals surface area contributed by atoms with Crippen molar-refractivity contribution < 1.29 is 9.59 Å². The molecule has 0 aromatic heterocycles. The summed E-state index contributed by atoms with van der Waals surface area (Å²) in [4.78, 5) is 31.4. The summed E-state index contributed by atoms with van der Waals surface area (Å²) < 4.78 is 0. The average Bonchev–Trinajstić information content (AvgIpc) is 3.33. The lowest BCUT2D eigenvalue weighted by Gasteiger charge is -2.22. The monoisotopic (exact) mass is 532 g/mol. The van der Waals surface area contributed by atoms with Gasteiger partial charge in [0, 0.05) is 50.1 Å². The molecule has 0 radical (unpaired) electrons. The molecule has 0 atom stereocenters. The van der Waals surface area contributed by atoms with Gasteiger partial charge < -0.3 is 0 Å². The van der Waals surface area contributed by atoms with Crippen molar-refractivity contribution in [2.75, 3.05) is 39.3 Å². The Bertz CT molecular complexity index is 1470. The van der Waals surface area contributed by atoms with Crippen molar-refractivity contribution in [2.24, 2.45) is 0 Å². The summed E-state index contributed by atoms with van der Waals surface area (Å²) in [5.74, 6) is 0.454. The third kappa shape index (κ3) is 5.75. The summed E-state index contributed by atoms with van der Waals surface area (Å²) in [6.07, 6.45) is 16.4. The molecular formula is C36H40N2O2. The Hall–Kier alpha value is -3.34. The fraction of sp³-hybridized carbons (Fsp3) is 0.389. The second kappa shape index (κ2) is 12.4. The van der Waals surface area contributed by atoms with Gasteiger partial charge in [0.25, 0.3) is 0 Å². The average molecular weight is 533 g/mol. The molecule has 6 rings (SSSR count). The molecule has 0 spiro atoms. The number of benzene rings is 3. The van der Waals surface area contributed by atoms with E-state index in [1.165, 1.54) is 5.56 Å². The summed E-state index contributed by atoms with van der Waals surface area (Å²) in [6.45, 7) is 6.46. The fourth-order valence-electron chi connectivity index (χ4n) is 6.58. The molecule has 0 fully saturated rings. The number of rotatable bonds is 12. The van der Waals surface area contributed by atoms with Crippen LogP contribution in [-0.2, 0) is 0 Å². The van der Waals surface area contributed by atoms with E-state index in [1.807, 2.05) is 12.1 Å². The van der Waals surface area contributed by atoms with E-state index in [4.69, 9.17) is 0 Å². The molecule has 2 aliphatic heterocycles. The zero-order valence-electron chi connectivity index (χ0n) is 23.5. The van der Waals surface area contributed by atoms with Crippen molar-refractivity contribution in [3.05, 3.63) is 84.0 Å². The fourth-order valence-corrected chi connectivity index (χ4v) is 6.58. The SMILES string of the molecule is O=C(CCCCN1CC=CCC1)c1ccc2c(c1)-c1ccc(C(=O)CCCCN3CC=CCC3)c3cccc-2c13. The summed E-state index contributed by atoms with van der Waals surface area (Å²) in [5, 5.41) is 2.20. The Kier molecular flexibility index (Phi) is 8.36. The predicted molar refractivity (Wildman–Crippen MR) is 165 cm³/mol. The normalized spacial score (nSPS) is 16.5. The maximum atomic E-state index is 13.3. The molecule has 3 aliphatic rings. The van der Waals surface area contributed by atoms with E-state index in [9.17, 15) is 9.59 Å². The van der Waals surface area contributed by atoms with E-state index in [0.717, 1.165) is 116 Å². The van der Waals surface area contributed by atoms with Crippen molar-refractivity contribution >= 4 is 22.3 Å². The number of Topliss-reactive ketones (excluding diaryl/α,β-unsaturated/α-hetero) is 2. The number of hydrogen-bond donors (Lipinski definition) is 0. The highest BCUT2D eigenvalue weighted by atomic mass is 16.1. The first-order chi connectivity index (χ1) is 19.7. The number of unbranched alkanes of at least 4 members (excludes halogenated alkanes) is 2. The molecule has 4 nitrogen and oxygen atoms in total. The van der Waals surface area contributed by atoms with Crippen molar-refractivity contribution in [2.45, 2.75) is 51.4 Å². The van der Waals surface area contributed by atoms with Gasteiger partial charge in [0.2, 0.25) is 0 Å². The van der Waals surface area contributed by atoms with Crippen molar-refractivity contribution in [1.29, 1.82) is 0 Å². The largest absolute Gasteiger partial charge is 0.299 e. The molecule has 40 heavy (non-hydrogen) atoms. The van der Waals surface area contributed by atoms with Gasteiger partial charge in [-0.2, -0.15) is 0 Å². The van der Waals surface area contributed by atoms with Crippen LogP contribution in [0, 0.1) is 0 Å². The van der Waals surface area contributed by atoms with Crippen molar-refractivity contribution in [3.63, 3.8) is 0 Å². The topological polar surface area (TPSA) is 40.6 Å². The highest BCUT2D eigenvalue weighted by Gasteiger charge is 2.25. The van der Waals surface area contributed by atoms with Crippen LogP contribution in [0.25, 0.3) is 33.0 Å². The predicted octanol–water partition coefficient (Wildman–Crippen LogP) is 7.72. The van der Waals surface area contributed by atoms with E-state index in [2.05, 4.69) is 70.5 Å². The van der Waals surface area contributed by atoms with E-state index >= 15 is 0 Å². The number of nitrogens with zero attached hydrogens (tertiary/aromatic N) is 2. The highest BCUT2D eigenvalue weighted by Crippen LogP contribution is 2.48. The molecule has 3 aromatic rings. The Morgan fingerprint density at radius 1 is 0.625 bits per heavy atom. The molecule has 0 saturated heterocycles. The number of ketones is 2. The van der Waals surface area contributed by atoms with E-state index in [1.54, 1.807) is 0 Å². The lowest BCUT2D eigenvalue weighted by Crippen LogP contribution is -2.28. The second-order valence-corrected chi connectivity index (χ2v) is 11.5. The molecule has 206 valence electrons. The molecule has 1 aliphatic carbocycles. The standard InChI is InChI=1S/C36H40N2O2/c39-34(14-3-9-24-37-20-5-1-6-21-37)27-16-17-28-30-12-11-13-31-29(18-19-32(36(30)31)33(28)26-27)35(40)15-4-10-25-38-22-7-2-8-23-38/h1-2,5,7,11-13,16-19,26H,3-4,6,8-10,14-15,20-25H2. The molecule has 0 amide bonds. The minimum Gasteiger partial charge on any atom is -0.299 e. The first-order valence-electron chi connectivity index (χ1n) is 15.2. The van der Waals surface area contributed by atoms with Gasteiger partial charge in [-0.25, -0.2) is 0 Å². The second-order valence-electron chi connectivity index (χ2n) is 11.5. The molecule has 0 bridgehead atoms. The first kappa shape index (κ1) is 26.9. The quantitative estimate of drug-likeness (QED) is 0.106. The number of carbonyl (C=O) groups excluding carboxylic acids is 2. The lowest BCUT2D eigenvalue weighted by molar-refractivity contribution is 0.0971. The van der Waals surface area contributed by atoms with Gasteiger partial charge in [-0.1, -0.05) is 66.8 Å². The Morgan fingerprint density at radius 3 is 1.95 bits per heavy atom. The molecule has 4 heteroatoms.